The van der Waals surface area contributed by atoms with Crippen molar-refractivity contribution in [2.75, 3.05) is 0 Å². The second kappa shape index (κ2) is 5.02. The summed E-state index contributed by atoms with van der Waals surface area (Å²) in [5.74, 6) is -0.0770. The summed E-state index contributed by atoms with van der Waals surface area (Å²) < 4.78 is 1.89. The molecule has 0 radical (unpaired) electrons. The van der Waals surface area contributed by atoms with E-state index in [2.05, 4.69) is 23.0 Å². The summed E-state index contributed by atoms with van der Waals surface area (Å²) in [5.41, 5.74) is 4.75. The number of hydrogen-bond acceptors (Lipinski definition) is 3. The molecule has 0 aliphatic carbocycles. The maximum Gasteiger partial charge on any atom is 0.212 e. The predicted molar refractivity (Wildman–Crippen MR) is 89.8 cm³/mol. The van der Waals surface area contributed by atoms with E-state index in [4.69, 9.17) is 0 Å². The maximum absolute atomic E-state index is 12.6. The van der Waals surface area contributed by atoms with Crippen LogP contribution < -0.4 is 0 Å². The zero-order chi connectivity index (χ0) is 16.0. The van der Waals surface area contributed by atoms with Gasteiger partial charge in [-0.05, 0) is 37.6 Å². The number of hydrogen-bond donors (Lipinski definition) is 0. The molecule has 3 heterocycles. The standard InChI is InChI=1S/C19H15N3O/c1-12-10-13(2)20-19-15(12)8-9-17-21-16(11-22(17)19)18(23)14-6-4-3-5-7-14/h3-11H,1-2H3. The van der Waals surface area contributed by atoms with E-state index in [0.29, 0.717) is 11.3 Å². The van der Waals surface area contributed by atoms with Gasteiger partial charge in [-0.25, -0.2) is 9.97 Å². The largest absolute Gasteiger partial charge is 0.287 e. The lowest BCUT2D eigenvalue weighted by molar-refractivity contribution is 0.103. The minimum atomic E-state index is -0.0770. The van der Waals surface area contributed by atoms with Gasteiger partial charge >= 0.3 is 0 Å². The lowest BCUT2D eigenvalue weighted by Gasteiger charge is -2.05. The highest BCUT2D eigenvalue weighted by molar-refractivity contribution is 6.08. The number of carbonyl (C=O) groups is 1. The van der Waals surface area contributed by atoms with Crippen molar-refractivity contribution < 1.29 is 4.79 Å². The molecule has 23 heavy (non-hydrogen) atoms. The Kier molecular flexibility index (Phi) is 2.98. The quantitative estimate of drug-likeness (QED) is 0.530. The number of rotatable bonds is 2. The van der Waals surface area contributed by atoms with Gasteiger partial charge in [-0.3, -0.25) is 9.20 Å². The molecular weight excluding hydrogens is 286 g/mol. The Hall–Kier alpha value is -3.01. The molecule has 0 saturated carbocycles. The number of imidazole rings is 1. The van der Waals surface area contributed by atoms with Crippen molar-refractivity contribution in [2.24, 2.45) is 0 Å². The van der Waals surface area contributed by atoms with Crippen molar-refractivity contribution in [2.45, 2.75) is 13.8 Å². The van der Waals surface area contributed by atoms with Gasteiger partial charge in [-0.1, -0.05) is 30.3 Å². The monoisotopic (exact) mass is 301 g/mol. The number of fused-ring (bicyclic) bond motifs is 3. The summed E-state index contributed by atoms with van der Waals surface area (Å²) in [6.45, 7) is 4.04. The van der Waals surface area contributed by atoms with Crippen molar-refractivity contribution in [3.63, 3.8) is 0 Å². The van der Waals surface area contributed by atoms with E-state index in [-0.39, 0.29) is 5.78 Å². The second-order valence-electron chi connectivity index (χ2n) is 5.70. The van der Waals surface area contributed by atoms with Crippen LogP contribution in [0.15, 0.2) is 54.7 Å². The molecule has 1 aromatic carbocycles. The Morgan fingerprint density at radius 2 is 1.78 bits per heavy atom. The summed E-state index contributed by atoms with van der Waals surface area (Å²) in [4.78, 5) is 21.7. The van der Waals surface area contributed by atoms with Crippen molar-refractivity contribution in [3.05, 3.63) is 77.2 Å². The van der Waals surface area contributed by atoms with Gasteiger partial charge in [-0.15, -0.1) is 0 Å². The van der Waals surface area contributed by atoms with Crippen LogP contribution in [0.5, 0.6) is 0 Å². The molecule has 0 bridgehead atoms. The first-order chi connectivity index (χ1) is 11.1. The molecule has 0 aliphatic heterocycles. The molecule has 4 rings (SSSR count). The van der Waals surface area contributed by atoms with Crippen molar-refractivity contribution in [1.82, 2.24) is 14.4 Å². The first kappa shape index (κ1) is 13.6. The van der Waals surface area contributed by atoms with Gasteiger partial charge in [0.25, 0.3) is 0 Å². The van der Waals surface area contributed by atoms with Crippen LogP contribution in [0.1, 0.15) is 27.3 Å². The van der Waals surface area contributed by atoms with Gasteiger partial charge < -0.3 is 0 Å². The highest BCUT2D eigenvalue weighted by Crippen LogP contribution is 2.21. The van der Waals surface area contributed by atoms with Crippen LogP contribution >= 0.6 is 0 Å². The molecule has 0 atom stereocenters. The van der Waals surface area contributed by atoms with E-state index in [9.17, 15) is 4.79 Å². The van der Waals surface area contributed by atoms with Gasteiger partial charge in [0.15, 0.2) is 0 Å². The topological polar surface area (TPSA) is 47.3 Å². The zero-order valence-electron chi connectivity index (χ0n) is 12.9. The third-order valence-corrected chi connectivity index (χ3v) is 4.00. The fraction of sp³-hybridized carbons (Fsp3) is 0.105. The van der Waals surface area contributed by atoms with E-state index >= 15 is 0 Å². The zero-order valence-corrected chi connectivity index (χ0v) is 12.9. The summed E-state index contributed by atoms with van der Waals surface area (Å²) in [7, 11) is 0. The number of benzene rings is 1. The first-order valence-corrected chi connectivity index (χ1v) is 7.49. The average Bonchev–Trinajstić information content (AvgIpc) is 2.99. The molecule has 0 spiro atoms. The summed E-state index contributed by atoms with van der Waals surface area (Å²) in [6, 6.07) is 15.2. The number of nitrogens with zero attached hydrogens (tertiary/aromatic N) is 3. The SMILES string of the molecule is Cc1cc(C)c2ccc3nc(C(=O)c4ccccc4)cn3c2n1. The van der Waals surface area contributed by atoms with Crippen LogP contribution in [-0.2, 0) is 0 Å². The molecule has 0 N–H and O–H groups in total. The van der Waals surface area contributed by atoms with Crippen molar-refractivity contribution >= 4 is 22.5 Å². The fourth-order valence-electron chi connectivity index (χ4n) is 2.90. The Bertz CT molecular complexity index is 1050. The molecule has 112 valence electrons. The lowest BCUT2D eigenvalue weighted by Crippen LogP contribution is -2.00. The van der Waals surface area contributed by atoms with Gasteiger partial charge in [0.05, 0.1) is 0 Å². The third kappa shape index (κ3) is 2.19. The molecule has 0 fully saturated rings. The lowest BCUT2D eigenvalue weighted by atomic mass is 10.1. The van der Waals surface area contributed by atoms with Crippen LogP contribution in [0.3, 0.4) is 0 Å². The minimum absolute atomic E-state index is 0.0770. The Morgan fingerprint density at radius 3 is 2.57 bits per heavy atom. The summed E-state index contributed by atoms with van der Waals surface area (Å²) in [5, 5.41) is 1.07. The van der Waals surface area contributed by atoms with Crippen LogP contribution in [0.2, 0.25) is 0 Å². The van der Waals surface area contributed by atoms with Gasteiger partial charge in [-0.2, -0.15) is 0 Å². The number of carbonyl (C=O) groups excluding carboxylic acids is 1. The van der Waals surface area contributed by atoms with Crippen molar-refractivity contribution in [3.8, 4) is 0 Å². The third-order valence-electron chi connectivity index (χ3n) is 4.00. The fourth-order valence-corrected chi connectivity index (χ4v) is 2.90. The Labute approximate surface area is 133 Å². The van der Waals surface area contributed by atoms with E-state index in [1.807, 2.05) is 41.7 Å². The molecule has 4 aromatic rings. The van der Waals surface area contributed by atoms with E-state index in [0.717, 1.165) is 22.4 Å². The Balaban J connectivity index is 1.95. The maximum atomic E-state index is 12.6. The minimum Gasteiger partial charge on any atom is -0.287 e. The van der Waals surface area contributed by atoms with Gasteiger partial charge in [0, 0.05) is 22.8 Å². The second-order valence-corrected chi connectivity index (χ2v) is 5.70. The number of ketones is 1. The van der Waals surface area contributed by atoms with Crippen LogP contribution in [-0.4, -0.2) is 20.2 Å². The summed E-state index contributed by atoms with van der Waals surface area (Å²) >= 11 is 0. The number of pyridine rings is 2. The average molecular weight is 301 g/mol. The van der Waals surface area contributed by atoms with Gasteiger partial charge in [0.1, 0.15) is 17.0 Å². The predicted octanol–water partition coefficient (Wildman–Crippen LogP) is 3.73. The van der Waals surface area contributed by atoms with E-state index in [1.54, 1.807) is 18.3 Å². The first-order valence-electron chi connectivity index (χ1n) is 7.49. The molecular formula is C19H15N3O. The molecule has 4 heteroatoms. The van der Waals surface area contributed by atoms with E-state index < -0.39 is 0 Å². The smallest absolute Gasteiger partial charge is 0.212 e. The molecule has 3 aromatic heterocycles. The van der Waals surface area contributed by atoms with Gasteiger partial charge in [0.2, 0.25) is 5.78 Å². The normalized spacial score (nSPS) is 11.2. The highest BCUT2D eigenvalue weighted by atomic mass is 16.1. The van der Waals surface area contributed by atoms with Crippen LogP contribution in [0.25, 0.3) is 16.7 Å². The molecule has 0 unspecified atom stereocenters. The molecule has 4 nitrogen and oxygen atoms in total. The highest BCUT2D eigenvalue weighted by Gasteiger charge is 2.15. The molecule has 0 saturated heterocycles. The Morgan fingerprint density at radius 1 is 1.00 bits per heavy atom. The van der Waals surface area contributed by atoms with E-state index in [1.165, 1.54) is 5.56 Å². The van der Waals surface area contributed by atoms with Crippen LogP contribution in [0, 0.1) is 13.8 Å². The molecule has 0 aliphatic rings. The van der Waals surface area contributed by atoms with Crippen molar-refractivity contribution in [1.29, 1.82) is 0 Å². The van der Waals surface area contributed by atoms with Crippen LogP contribution in [0.4, 0.5) is 0 Å². The molecule has 0 amide bonds. The summed E-state index contributed by atoms with van der Waals surface area (Å²) in [6.07, 6.45) is 1.78. The number of aromatic nitrogens is 3. The number of aryl methyl sites for hydroxylation is 2.